The predicted molar refractivity (Wildman–Crippen MR) is 118 cm³/mol. The molecule has 2 atom stereocenters. The first-order valence-corrected chi connectivity index (χ1v) is 10.9. The average molecular weight is 423 g/mol. The van der Waals surface area contributed by atoms with Gasteiger partial charge in [0.1, 0.15) is 6.04 Å². The molecule has 0 bridgehead atoms. The summed E-state index contributed by atoms with van der Waals surface area (Å²) in [6.07, 6.45) is 1.58. The highest BCUT2D eigenvalue weighted by Gasteiger charge is 2.41. The van der Waals surface area contributed by atoms with Gasteiger partial charge in [-0.3, -0.25) is 9.59 Å². The van der Waals surface area contributed by atoms with Crippen LogP contribution in [0.1, 0.15) is 47.3 Å². The lowest BCUT2D eigenvalue weighted by molar-refractivity contribution is -0.139. The minimum Gasteiger partial charge on any atom is -0.493 e. The summed E-state index contributed by atoms with van der Waals surface area (Å²) in [5.41, 5.74) is 3.95. The third-order valence-corrected chi connectivity index (χ3v) is 6.65. The third-order valence-electron chi connectivity index (χ3n) is 6.65. The van der Waals surface area contributed by atoms with Crippen molar-refractivity contribution in [1.29, 1.82) is 0 Å². The monoisotopic (exact) mass is 422 g/mol. The minimum atomic E-state index is -0.466. The molecule has 2 amide bonds. The van der Waals surface area contributed by atoms with E-state index < -0.39 is 6.04 Å². The molecule has 6 heteroatoms. The number of benzene rings is 2. The van der Waals surface area contributed by atoms with Crippen LogP contribution in [0.15, 0.2) is 36.4 Å². The zero-order chi connectivity index (χ0) is 22.1. The van der Waals surface area contributed by atoms with Gasteiger partial charge in [-0.25, -0.2) is 0 Å². The van der Waals surface area contributed by atoms with E-state index in [1.54, 1.807) is 19.1 Å². The van der Waals surface area contributed by atoms with Crippen molar-refractivity contribution >= 4 is 11.8 Å². The molecule has 31 heavy (non-hydrogen) atoms. The lowest BCUT2D eigenvalue weighted by Crippen LogP contribution is -2.52. The SMILES string of the molecule is CCC(C)C(C(=O)N1CCc2cc(OC)c(OC)cc2C1)N1Cc2ccccc2C1=O. The van der Waals surface area contributed by atoms with Crippen molar-refractivity contribution in [2.24, 2.45) is 5.92 Å². The summed E-state index contributed by atoms with van der Waals surface area (Å²) in [6, 6.07) is 11.1. The van der Waals surface area contributed by atoms with Crippen molar-refractivity contribution in [3.8, 4) is 11.5 Å². The largest absolute Gasteiger partial charge is 0.493 e. The Hall–Kier alpha value is -3.02. The highest BCUT2D eigenvalue weighted by molar-refractivity contribution is 6.01. The summed E-state index contributed by atoms with van der Waals surface area (Å²) >= 11 is 0. The summed E-state index contributed by atoms with van der Waals surface area (Å²) in [6.45, 7) is 5.76. The van der Waals surface area contributed by atoms with E-state index >= 15 is 0 Å². The van der Waals surface area contributed by atoms with E-state index in [9.17, 15) is 9.59 Å². The van der Waals surface area contributed by atoms with Crippen LogP contribution in [0.4, 0.5) is 0 Å². The Labute approximate surface area is 183 Å². The van der Waals surface area contributed by atoms with E-state index in [2.05, 4.69) is 13.8 Å². The van der Waals surface area contributed by atoms with Crippen LogP contribution in [0.3, 0.4) is 0 Å². The zero-order valence-electron chi connectivity index (χ0n) is 18.7. The van der Waals surface area contributed by atoms with Gasteiger partial charge in [0.15, 0.2) is 11.5 Å². The van der Waals surface area contributed by atoms with Crippen molar-refractivity contribution in [1.82, 2.24) is 9.80 Å². The molecule has 6 nitrogen and oxygen atoms in total. The van der Waals surface area contributed by atoms with Gasteiger partial charge in [0.2, 0.25) is 5.91 Å². The standard InChI is InChI=1S/C25H30N2O4/c1-5-16(2)23(27-15-18-8-6-7-9-20(18)24(27)28)25(29)26-11-10-17-12-21(30-3)22(31-4)13-19(17)14-26/h6-9,12-13,16,23H,5,10-11,14-15H2,1-4H3. The summed E-state index contributed by atoms with van der Waals surface area (Å²) in [7, 11) is 3.25. The van der Waals surface area contributed by atoms with Gasteiger partial charge in [-0.1, -0.05) is 38.5 Å². The molecule has 2 unspecified atom stereocenters. The second kappa shape index (κ2) is 8.61. The van der Waals surface area contributed by atoms with E-state index in [0.29, 0.717) is 36.7 Å². The Bertz CT molecular complexity index is 1000. The van der Waals surface area contributed by atoms with Crippen LogP contribution in [-0.4, -0.2) is 48.4 Å². The van der Waals surface area contributed by atoms with E-state index in [4.69, 9.17) is 9.47 Å². The maximum Gasteiger partial charge on any atom is 0.255 e. The highest BCUT2D eigenvalue weighted by Crippen LogP contribution is 2.34. The van der Waals surface area contributed by atoms with Crippen LogP contribution < -0.4 is 9.47 Å². The molecule has 0 saturated carbocycles. The van der Waals surface area contributed by atoms with Crippen molar-refractivity contribution in [2.45, 2.75) is 45.8 Å². The number of ether oxygens (including phenoxy) is 2. The summed E-state index contributed by atoms with van der Waals surface area (Å²) < 4.78 is 10.9. The highest BCUT2D eigenvalue weighted by atomic mass is 16.5. The zero-order valence-corrected chi connectivity index (χ0v) is 18.7. The number of nitrogens with zero attached hydrogens (tertiary/aromatic N) is 2. The molecular formula is C25H30N2O4. The van der Waals surface area contributed by atoms with Gasteiger partial charge in [0, 0.05) is 25.2 Å². The summed E-state index contributed by atoms with van der Waals surface area (Å²) in [4.78, 5) is 30.5. The topological polar surface area (TPSA) is 59.1 Å². The van der Waals surface area contributed by atoms with Crippen LogP contribution >= 0.6 is 0 Å². The molecule has 0 aliphatic carbocycles. The Morgan fingerprint density at radius 2 is 1.71 bits per heavy atom. The fraction of sp³-hybridized carbons (Fsp3) is 0.440. The lowest BCUT2D eigenvalue weighted by atomic mass is 9.93. The van der Waals surface area contributed by atoms with Crippen molar-refractivity contribution in [3.05, 3.63) is 58.7 Å². The molecule has 0 radical (unpaired) electrons. The molecule has 2 aromatic rings. The number of methoxy groups -OCH3 is 2. The fourth-order valence-corrected chi connectivity index (χ4v) is 4.67. The Kier molecular flexibility index (Phi) is 5.90. The van der Waals surface area contributed by atoms with Gasteiger partial charge in [-0.2, -0.15) is 0 Å². The molecule has 0 aromatic heterocycles. The van der Waals surface area contributed by atoms with Gasteiger partial charge >= 0.3 is 0 Å². The van der Waals surface area contributed by atoms with Gasteiger partial charge in [-0.15, -0.1) is 0 Å². The first-order valence-electron chi connectivity index (χ1n) is 10.9. The fourth-order valence-electron chi connectivity index (χ4n) is 4.67. The number of rotatable bonds is 6. The number of carbonyl (C=O) groups excluding carboxylic acids is 2. The maximum absolute atomic E-state index is 13.7. The number of fused-ring (bicyclic) bond motifs is 2. The Morgan fingerprint density at radius 1 is 1.03 bits per heavy atom. The molecule has 164 valence electrons. The van der Waals surface area contributed by atoms with Crippen LogP contribution in [0.5, 0.6) is 11.5 Å². The minimum absolute atomic E-state index is 0.0240. The number of carbonyl (C=O) groups is 2. The van der Waals surface area contributed by atoms with Gasteiger partial charge in [0.05, 0.1) is 14.2 Å². The molecule has 2 aliphatic rings. The van der Waals surface area contributed by atoms with Gasteiger partial charge in [-0.05, 0) is 47.2 Å². The van der Waals surface area contributed by atoms with E-state index in [0.717, 1.165) is 24.0 Å². The van der Waals surface area contributed by atoms with Crippen LogP contribution in [0.25, 0.3) is 0 Å². The van der Waals surface area contributed by atoms with E-state index in [1.165, 1.54) is 5.56 Å². The van der Waals surface area contributed by atoms with Crippen LogP contribution in [0.2, 0.25) is 0 Å². The molecule has 0 N–H and O–H groups in total. The average Bonchev–Trinajstić information content (AvgIpc) is 3.13. The van der Waals surface area contributed by atoms with Crippen molar-refractivity contribution in [2.75, 3.05) is 20.8 Å². The smallest absolute Gasteiger partial charge is 0.255 e. The second-order valence-electron chi connectivity index (χ2n) is 8.41. The molecule has 0 saturated heterocycles. The molecule has 2 heterocycles. The number of amides is 2. The van der Waals surface area contributed by atoms with E-state index in [1.807, 2.05) is 41.3 Å². The molecule has 4 rings (SSSR count). The first kappa shape index (κ1) is 21.2. The third kappa shape index (κ3) is 3.75. The quantitative estimate of drug-likeness (QED) is 0.713. The van der Waals surface area contributed by atoms with Gasteiger partial charge < -0.3 is 19.3 Å². The molecule has 0 fully saturated rings. The second-order valence-corrected chi connectivity index (χ2v) is 8.41. The summed E-state index contributed by atoms with van der Waals surface area (Å²) in [5, 5.41) is 0. The molecule has 2 aliphatic heterocycles. The first-order chi connectivity index (χ1) is 15.0. The maximum atomic E-state index is 13.7. The van der Waals surface area contributed by atoms with Crippen LogP contribution in [0, 0.1) is 5.92 Å². The number of hydrogen-bond acceptors (Lipinski definition) is 4. The molecule has 2 aromatic carbocycles. The summed E-state index contributed by atoms with van der Waals surface area (Å²) in [5.74, 6) is 1.42. The van der Waals surface area contributed by atoms with Crippen molar-refractivity contribution < 1.29 is 19.1 Å². The van der Waals surface area contributed by atoms with Crippen molar-refractivity contribution in [3.63, 3.8) is 0 Å². The Balaban J connectivity index is 1.60. The molecular weight excluding hydrogens is 392 g/mol. The van der Waals surface area contributed by atoms with Crippen LogP contribution in [-0.2, 0) is 24.3 Å². The molecule has 0 spiro atoms. The Morgan fingerprint density at radius 3 is 2.35 bits per heavy atom. The van der Waals surface area contributed by atoms with E-state index in [-0.39, 0.29) is 17.7 Å². The van der Waals surface area contributed by atoms with Gasteiger partial charge in [0.25, 0.3) is 5.91 Å². The lowest BCUT2D eigenvalue weighted by Gasteiger charge is -2.37. The normalized spacial score (nSPS) is 17.1. The number of hydrogen-bond donors (Lipinski definition) is 0. The predicted octanol–water partition coefficient (Wildman–Crippen LogP) is 3.66.